The molecule has 0 aliphatic carbocycles. The molecule has 0 saturated carbocycles. The molecule has 39 heavy (non-hydrogen) atoms. The van der Waals surface area contributed by atoms with Gasteiger partial charge in [0, 0.05) is 32.1 Å². The second-order valence-electron chi connectivity index (χ2n) is 9.42. The Balaban J connectivity index is 1.52. The molecule has 11 heteroatoms. The molecule has 1 amide bonds. The molecular weight excluding hydrogens is 515 g/mol. The Morgan fingerprint density at radius 3 is 2.54 bits per heavy atom. The van der Waals surface area contributed by atoms with E-state index in [0.717, 1.165) is 29.8 Å². The summed E-state index contributed by atoms with van der Waals surface area (Å²) in [5.74, 6) is -0.443. The quantitative estimate of drug-likeness (QED) is 0.255. The van der Waals surface area contributed by atoms with E-state index in [-0.39, 0.29) is 30.1 Å². The van der Waals surface area contributed by atoms with E-state index >= 15 is 0 Å². The predicted molar refractivity (Wildman–Crippen MR) is 141 cm³/mol. The summed E-state index contributed by atoms with van der Waals surface area (Å²) in [5, 5.41) is 3.33. The average molecular weight is 552 g/mol. The zero-order chi connectivity index (χ0) is 28.4. The van der Waals surface area contributed by atoms with Crippen molar-refractivity contribution in [2.45, 2.75) is 51.7 Å². The van der Waals surface area contributed by atoms with Crippen LogP contribution in [0.15, 0.2) is 36.4 Å². The van der Waals surface area contributed by atoms with Gasteiger partial charge in [-0.05, 0) is 62.4 Å². The maximum absolute atomic E-state index is 12.5. The van der Waals surface area contributed by atoms with Crippen molar-refractivity contribution in [3.05, 3.63) is 53.1 Å². The lowest BCUT2D eigenvalue weighted by Crippen LogP contribution is -2.32. The highest BCUT2D eigenvalue weighted by atomic mass is 19.4. The second-order valence-corrected chi connectivity index (χ2v) is 9.42. The average Bonchev–Trinajstić information content (AvgIpc) is 3.27. The summed E-state index contributed by atoms with van der Waals surface area (Å²) in [7, 11) is 0. The highest BCUT2D eigenvalue weighted by molar-refractivity contribution is 6.00. The van der Waals surface area contributed by atoms with Gasteiger partial charge in [0.1, 0.15) is 6.61 Å². The number of primary amides is 1. The van der Waals surface area contributed by atoms with E-state index in [2.05, 4.69) is 16.3 Å². The summed E-state index contributed by atoms with van der Waals surface area (Å²) in [6.45, 7) is 4.81. The number of rotatable bonds is 15. The van der Waals surface area contributed by atoms with Gasteiger partial charge in [-0.2, -0.15) is 13.2 Å². The number of hydrogen-bond acceptors (Lipinski definition) is 7. The van der Waals surface area contributed by atoms with Gasteiger partial charge in [-0.1, -0.05) is 18.2 Å². The van der Waals surface area contributed by atoms with Crippen LogP contribution in [0, 0.1) is 0 Å². The minimum absolute atomic E-state index is 0.0335. The van der Waals surface area contributed by atoms with E-state index in [0.29, 0.717) is 44.5 Å². The van der Waals surface area contributed by atoms with Crippen LogP contribution in [-0.2, 0) is 22.4 Å². The van der Waals surface area contributed by atoms with Crippen LogP contribution in [0.2, 0.25) is 0 Å². The minimum atomic E-state index is -4.43. The highest BCUT2D eigenvalue weighted by Gasteiger charge is 2.29. The molecule has 2 aromatic carbocycles. The fourth-order valence-corrected chi connectivity index (χ4v) is 4.61. The molecule has 1 aliphatic rings. The topological polar surface area (TPSA) is 103 Å². The molecule has 1 atom stereocenters. The molecule has 0 aromatic heterocycles. The van der Waals surface area contributed by atoms with Crippen LogP contribution in [0.3, 0.4) is 0 Å². The second kappa shape index (κ2) is 14.1. The van der Waals surface area contributed by atoms with Gasteiger partial charge in [0.2, 0.25) is 0 Å². The number of fused-ring (bicyclic) bond motifs is 1. The molecule has 8 nitrogen and oxygen atoms in total. The lowest BCUT2D eigenvalue weighted by molar-refractivity contribution is -0.153. The van der Waals surface area contributed by atoms with Gasteiger partial charge in [-0.3, -0.25) is 9.59 Å². The first kappa shape index (κ1) is 30.1. The van der Waals surface area contributed by atoms with E-state index in [1.807, 2.05) is 13.0 Å². The van der Waals surface area contributed by atoms with Crippen LogP contribution in [0.1, 0.15) is 48.2 Å². The van der Waals surface area contributed by atoms with Gasteiger partial charge in [0.15, 0.2) is 18.1 Å². The van der Waals surface area contributed by atoms with Crippen LogP contribution in [0.4, 0.5) is 18.9 Å². The Bertz CT molecular complexity index is 1130. The molecule has 1 aliphatic heterocycles. The zero-order valence-corrected chi connectivity index (χ0v) is 22.3. The number of benzene rings is 2. The summed E-state index contributed by atoms with van der Waals surface area (Å²) in [5.41, 5.74) is 9.08. The molecule has 3 N–H and O–H groups in total. The SMILES string of the molecule is CCOC(=O)CCCN1CCc2cc(CC(C)NCCOc3ccccc3OCC(F)(F)F)cc(C(N)=O)c21. The first-order valence-corrected chi connectivity index (χ1v) is 13.1. The number of halogens is 3. The van der Waals surface area contributed by atoms with Crippen molar-refractivity contribution in [2.75, 3.05) is 44.4 Å². The van der Waals surface area contributed by atoms with Crippen molar-refractivity contribution >= 4 is 17.6 Å². The van der Waals surface area contributed by atoms with E-state index in [4.69, 9.17) is 19.9 Å². The smallest absolute Gasteiger partial charge is 0.422 e. The number of alkyl halides is 3. The number of para-hydroxylation sites is 2. The number of carbonyl (C=O) groups excluding carboxylic acids is 2. The number of anilines is 1. The van der Waals surface area contributed by atoms with E-state index in [9.17, 15) is 22.8 Å². The van der Waals surface area contributed by atoms with Crippen molar-refractivity contribution in [2.24, 2.45) is 5.73 Å². The fraction of sp³-hybridized carbons (Fsp3) is 0.500. The van der Waals surface area contributed by atoms with Crippen molar-refractivity contribution in [1.82, 2.24) is 5.32 Å². The Morgan fingerprint density at radius 2 is 1.87 bits per heavy atom. The van der Waals surface area contributed by atoms with Gasteiger partial charge in [0.05, 0.1) is 17.9 Å². The van der Waals surface area contributed by atoms with Gasteiger partial charge in [-0.15, -0.1) is 0 Å². The van der Waals surface area contributed by atoms with Crippen molar-refractivity contribution in [1.29, 1.82) is 0 Å². The highest BCUT2D eigenvalue weighted by Crippen LogP contribution is 2.34. The van der Waals surface area contributed by atoms with Crippen LogP contribution in [0.5, 0.6) is 11.5 Å². The Kier molecular flexibility index (Phi) is 10.8. The van der Waals surface area contributed by atoms with Crippen LogP contribution in [0.25, 0.3) is 0 Å². The number of nitrogens with one attached hydrogen (secondary N) is 1. The summed E-state index contributed by atoms with van der Waals surface area (Å²) >= 11 is 0. The third-order valence-corrected chi connectivity index (χ3v) is 6.23. The molecule has 1 unspecified atom stereocenters. The number of carbonyl (C=O) groups is 2. The summed E-state index contributed by atoms with van der Waals surface area (Å²) in [4.78, 5) is 26.1. The van der Waals surface area contributed by atoms with Crippen molar-refractivity contribution < 1.29 is 37.0 Å². The molecule has 0 fully saturated rings. The standard InChI is InChI=1S/C28H36F3N3O5/c1-3-37-25(35)9-6-12-34-13-10-21-16-20(17-22(26(21)34)27(32)36)15-19(2)33-11-14-38-23-7-4-5-8-24(23)39-18-28(29,30)31/h4-5,7-8,16-17,19,33H,3,6,9-15,18H2,1-2H3,(H2,32,36). The fourth-order valence-electron chi connectivity index (χ4n) is 4.61. The molecule has 0 radical (unpaired) electrons. The number of nitrogens with two attached hydrogens (primary N) is 1. The number of nitrogens with zero attached hydrogens (tertiary/aromatic N) is 1. The molecule has 0 saturated heterocycles. The molecule has 2 aromatic rings. The first-order valence-electron chi connectivity index (χ1n) is 13.1. The Hall–Kier alpha value is -3.47. The lowest BCUT2D eigenvalue weighted by atomic mass is 9.98. The summed E-state index contributed by atoms with van der Waals surface area (Å²) < 4.78 is 52.9. The van der Waals surface area contributed by atoms with Gasteiger partial charge in [0.25, 0.3) is 5.91 Å². The first-order chi connectivity index (χ1) is 18.6. The molecular formula is C28H36F3N3O5. The number of ether oxygens (including phenoxy) is 3. The van der Waals surface area contributed by atoms with Gasteiger partial charge >= 0.3 is 12.1 Å². The van der Waals surface area contributed by atoms with Gasteiger partial charge in [-0.25, -0.2) is 0 Å². The third-order valence-electron chi connectivity index (χ3n) is 6.23. The molecule has 214 valence electrons. The molecule has 0 spiro atoms. The maximum atomic E-state index is 12.5. The van der Waals surface area contributed by atoms with E-state index < -0.39 is 18.7 Å². The van der Waals surface area contributed by atoms with E-state index in [1.54, 1.807) is 25.1 Å². The maximum Gasteiger partial charge on any atom is 0.422 e. The number of amides is 1. The van der Waals surface area contributed by atoms with Crippen molar-refractivity contribution in [3.63, 3.8) is 0 Å². The van der Waals surface area contributed by atoms with Crippen LogP contribution >= 0.6 is 0 Å². The third kappa shape index (κ3) is 9.35. The summed E-state index contributed by atoms with van der Waals surface area (Å²) in [6.07, 6.45) is -2.06. The summed E-state index contributed by atoms with van der Waals surface area (Å²) in [6, 6.07) is 10.2. The number of hydrogen-bond donors (Lipinski definition) is 2. The Morgan fingerprint density at radius 1 is 1.15 bits per heavy atom. The lowest BCUT2D eigenvalue weighted by Gasteiger charge is -2.22. The molecule has 1 heterocycles. The largest absolute Gasteiger partial charge is 0.488 e. The minimum Gasteiger partial charge on any atom is -0.488 e. The van der Waals surface area contributed by atoms with Crippen LogP contribution < -0.4 is 25.4 Å². The van der Waals surface area contributed by atoms with Gasteiger partial charge < -0.3 is 30.2 Å². The normalized spacial score (nSPS) is 13.6. The van der Waals surface area contributed by atoms with Crippen LogP contribution in [-0.4, -0.2) is 63.5 Å². The monoisotopic (exact) mass is 551 g/mol. The number of esters is 1. The molecule has 0 bridgehead atoms. The van der Waals surface area contributed by atoms with E-state index in [1.165, 1.54) is 6.07 Å². The van der Waals surface area contributed by atoms with Crippen molar-refractivity contribution in [3.8, 4) is 11.5 Å². The predicted octanol–water partition coefficient (Wildman–Crippen LogP) is 4.03. The molecule has 3 rings (SSSR count). The zero-order valence-electron chi connectivity index (χ0n) is 22.3. The Labute approximate surface area is 226 Å².